The van der Waals surface area contributed by atoms with Crippen molar-refractivity contribution >= 4 is 34.0 Å². The van der Waals surface area contributed by atoms with Crippen LogP contribution in [0.1, 0.15) is 19.8 Å². The molecular weight excluding hydrogens is 326 g/mol. The summed E-state index contributed by atoms with van der Waals surface area (Å²) in [5.41, 5.74) is 0.581. The summed E-state index contributed by atoms with van der Waals surface area (Å²) < 4.78 is 27.0. The molecule has 1 amide bonds. The van der Waals surface area contributed by atoms with Crippen molar-refractivity contribution in [2.75, 3.05) is 25.0 Å². The molecule has 2 rings (SSSR count). The van der Waals surface area contributed by atoms with Crippen molar-refractivity contribution in [3.63, 3.8) is 0 Å². The molecule has 1 aliphatic heterocycles. The molecule has 1 unspecified atom stereocenters. The Labute approximate surface area is 137 Å². The second-order valence-corrected chi connectivity index (χ2v) is 7.04. The van der Waals surface area contributed by atoms with Gasteiger partial charge in [-0.2, -0.15) is 0 Å². The molecule has 0 radical (unpaired) electrons. The lowest BCUT2D eigenvalue weighted by Gasteiger charge is -2.22. The zero-order valence-electron chi connectivity index (χ0n) is 12.5. The van der Waals surface area contributed by atoms with Crippen molar-refractivity contribution in [2.24, 2.45) is 5.92 Å². The Morgan fingerprint density at radius 3 is 2.55 bits per heavy atom. The van der Waals surface area contributed by atoms with E-state index in [0.29, 0.717) is 18.2 Å². The average Bonchev–Trinajstić information content (AvgIpc) is 2.46. The van der Waals surface area contributed by atoms with E-state index < -0.39 is 10.0 Å². The third kappa shape index (κ3) is 5.57. The Hall–Kier alpha value is -1.15. The third-order valence-corrected chi connectivity index (χ3v) is 4.89. The summed E-state index contributed by atoms with van der Waals surface area (Å²) in [5.74, 6) is 0.153. The van der Waals surface area contributed by atoms with E-state index in [4.69, 9.17) is 0 Å². The van der Waals surface area contributed by atoms with Gasteiger partial charge in [0.1, 0.15) is 0 Å². The number of hydrogen-bond donors (Lipinski definition) is 3. The van der Waals surface area contributed by atoms with E-state index in [1.165, 1.54) is 19.1 Å². The number of hydrogen-bond acceptors (Lipinski definition) is 4. The lowest BCUT2D eigenvalue weighted by molar-refractivity contribution is -0.114. The van der Waals surface area contributed by atoms with Gasteiger partial charge >= 0.3 is 0 Å². The van der Waals surface area contributed by atoms with Gasteiger partial charge in [-0.05, 0) is 56.1 Å². The predicted molar refractivity (Wildman–Crippen MR) is 88.8 cm³/mol. The van der Waals surface area contributed by atoms with Gasteiger partial charge in [0, 0.05) is 19.2 Å². The summed E-state index contributed by atoms with van der Waals surface area (Å²) in [5, 5.41) is 5.87. The largest absolute Gasteiger partial charge is 0.326 e. The Bertz CT molecular complexity index is 584. The van der Waals surface area contributed by atoms with Gasteiger partial charge in [0.2, 0.25) is 15.9 Å². The van der Waals surface area contributed by atoms with E-state index in [9.17, 15) is 13.2 Å². The molecule has 1 atom stereocenters. The number of nitrogens with one attached hydrogen (secondary N) is 3. The highest BCUT2D eigenvalue weighted by Crippen LogP contribution is 2.15. The van der Waals surface area contributed by atoms with Crippen LogP contribution in [0.3, 0.4) is 0 Å². The zero-order chi connectivity index (χ0) is 15.3. The van der Waals surface area contributed by atoms with E-state index in [-0.39, 0.29) is 23.2 Å². The lowest BCUT2D eigenvalue weighted by Crippen LogP contribution is -2.38. The summed E-state index contributed by atoms with van der Waals surface area (Å²) >= 11 is 0. The van der Waals surface area contributed by atoms with Crippen LogP contribution in [0.25, 0.3) is 0 Å². The number of carbonyl (C=O) groups excluding carboxylic acids is 1. The summed E-state index contributed by atoms with van der Waals surface area (Å²) in [6.07, 6.45) is 2.12. The smallest absolute Gasteiger partial charge is 0.240 e. The number of sulfonamides is 1. The minimum absolute atomic E-state index is 0. The van der Waals surface area contributed by atoms with Crippen molar-refractivity contribution < 1.29 is 13.2 Å². The van der Waals surface area contributed by atoms with Crippen molar-refractivity contribution in [2.45, 2.75) is 24.7 Å². The summed E-state index contributed by atoms with van der Waals surface area (Å²) in [6, 6.07) is 6.15. The van der Waals surface area contributed by atoms with Gasteiger partial charge < -0.3 is 10.6 Å². The Morgan fingerprint density at radius 1 is 1.32 bits per heavy atom. The number of benzene rings is 1. The molecule has 3 N–H and O–H groups in total. The van der Waals surface area contributed by atoms with Gasteiger partial charge in [0.15, 0.2) is 0 Å². The molecule has 6 nitrogen and oxygen atoms in total. The molecule has 1 heterocycles. The fourth-order valence-corrected chi connectivity index (χ4v) is 3.45. The number of carbonyl (C=O) groups is 1. The molecule has 0 spiro atoms. The number of halogens is 1. The minimum Gasteiger partial charge on any atom is -0.326 e. The van der Waals surface area contributed by atoms with Crippen LogP contribution in [-0.4, -0.2) is 34.0 Å². The molecule has 1 aliphatic rings. The molecule has 0 saturated carbocycles. The first-order valence-corrected chi connectivity index (χ1v) is 8.54. The van der Waals surface area contributed by atoms with Gasteiger partial charge in [-0.1, -0.05) is 0 Å². The molecule has 1 saturated heterocycles. The highest BCUT2D eigenvalue weighted by molar-refractivity contribution is 7.89. The van der Waals surface area contributed by atoms with Crippen LogP contribution in [0.5, 0.6) is 0 Å². The van der Waals surface area contributed by atoms with Crippen LogP contribution in [0.15, 0.2) is 29.2 Å². The summed E-state index contributed by atoms with van der Waals surface area (Å²) in [6.45, 7) is 3.71. The van der Waals surface area contributed by atoms with E-state index in [2.05, 4.69) is 15.4 Å². The summed E-state index contributed by atoms with van der Waals surface area (Å²) in [7, 11) is -3.50. The number of rotatable bonds is 5. The molecule has 0 aromatic heterocycles. The molecule has 1 aromatic carbocycles. The van der Waals surface area contributed by atoms with E-state index in [0.717, 1.165) is 25.9 Å². The molecule has 124 valence electrons. The summed E-state index contributed by atoms with van der Waals surface area (Å²) in [4.78, 5) is 11.1. The van der Waals surface area contributed by atoms with Crippen LogP contribution in [0.4, 0.5) is 5.69 Å². The number of piperidine rings is 1. The Morgan fingerprint density at radius 2 is 2.00 bits per heavy atom. The fraction of sp³-hybridized carbons (Fsp3) is 0.500. The predicted octanol–water partition coefficient (Wildman–Crippen LogP) is 1.34. The highest BCUT2D eigenvalue weighted by atomic mass is 35.5. The first kappa shape index (κ1) is 18.9. The van der Waals surface area contributed by atoms with Crippen LogP contribution in [0.2, 0.25) is 0 Å². The maximum absolute atomic E-state index is 12.2. The normalized spacial score (nSPS) is 18.3. The quantitative estimate of drug-likeness (QED) is 0.750. The van der Waals surface area contributed by atoms with Gasteiger partial charge in [-0.3, -0.25) is 4.79 Å². The van der Waals surface area contributed by atoms with E-state index >= 15 is 0 Å². The van der Waals surface area contributed by atoms with Gasteiger partial charge in [0.05, 0.1) is 4.90 Å². The van der Waals surface area contributed by atoms with Gasteiger partial charge in [0.25, 0.3) is 0 Å². The number of amides is 1. The van der Waals surface area contributed by atoms with Crippen molar-refractivity contribution in [3.8, 4) is 0 Å². The average molecular weight is 348 g/mol. The standard InChI is InChI=1S/C14H21N3O3S.ClH/c1-11(18)17-13-4-6-14(7-5-13)21(19,20)16-10-12-3-2-8-15-9-12;/h4-7,12,15-16H,2-3,8-10H2,1H3,(H,17,18);1H. The SMILES string of the molecule is CC(=O)Nc1ccc(S(=O)(=O)NCC2CCCNC2)cc1.Cl. The highest BCUT2D eigenvalue weighted by Gasteiger charge is 2.18. The van der Waals surface area contributed by atoms with Crippen LogP contribution >= 0.6 is 12.4 Å². The van der Waals surface area contributed by atoms with Crippen molar-refractivity contribution in [1.29, 1.82) is 0 Å². The topological polar surface area (TPSA) is 87.3 Å². The van der Waals surface area contributed by atoms with Crippen LogP contribution < -0.4 is 15.4 Å². The molecule has 1 aromatic rings. The van der Waals surface area contributed by atoms with E-state index in [1.807, 2.05) is 0 Å². The first-order valence-electron chi connectivity index (χ1n) is 7.05. The molecule has 22 heavy (non-hydrogen) atoms. The number of anilines is 1. The van der Waals surface area contributed by atoms with Crippen LogP contribution in [-0.2, 0) is 14.8 Å². The molecule has 8 heteroatoms. The Kier molecular flexibility index (Phi) is 7.28. The monoisotopic (exact) mass is 347 g/mol. The second-order valence-electron chi connectivity index (χ2n) is 5.27. The first-order chi connectivity index (χ1) is 9.97. The fourth-order valence-electron chi connectivity index (χ4n) is 2.33. The molecule has 0 bridgehead atoms. The van der Waals surface area contributed by atoms with Gasteiger partial charge in [-0.25, -0.2) is 13.1 Å². The Balaban J connectivity index is 0.00000242. The van der Waals surface area contributed by atoms with Crippen molar-refractivity contribution in [3.05, 3.63) is 24.3 Å². The molecule has 1 fully saturated rings. The molecular formula is C14H22ClN3O3S. The molecule has 0 aliphatic carbocycles. The van der Waals surface area contributed by atoms with E-state index in [1.54, 1.807) is 12.1 Å². The maximum atomic E-state index is 12.2. The second kappa shape index (κ2) is 8.47. The van der Waals surface area contributed by atoms with Gasteiger partial charge in [-0.15, -0.1) is 12.4 Å². The lowest BCUT2D eigenvalue weighted by atomic mass is 10.0. The third-order valence-electron chi connectivity index (χ3n) is 3.45. The van der Waals surface area contributed by atoms with Crippen molar-refractivity contribution in [1.82, 2.24) is 10.0 Å². The minimum atomic E-state index is -3.50. The maximum Gasteiger partial charge on any atom is 0.240 e. The zero-order valence-corrected chi connectivity index (χ0v) is 14.1. The van der Waals surface area contributed by atoms with Crippen LogP contribution in [0, 0.1) is 5.92 Å².